The highest BCUT2D eigenvalue weighted by molar-refractivity contribution is 5.84. The zero-order chi connectivity index (χ0) is 18.6. The highest BCUT2D eigenvalue weighted by atomic mass is 19.1. The summed E-state index contributed by atoms with van der Waals surface area (Å²) in [7, 11) is 0. The van der Waals surface area contributed by atoms with Crippen LogP contribution in [0.2, 0.25) is 0 Å². The average molecular weight is 360 g/mol. The second-order valence-electron chi connectivity index (χ2n) is 7.07. The van der Waals surface area contributed by atoms with Crippen LogP contribution in [-0.2, 0) is 24.2 Å². The highest BCUT2D eigenvalue weighted by Crippen LogP contribution is 2.19. The maximum atomic E-state index is 13.0. The van der Waals surface area contributed by atoms with Crippen molar-refractivity contribution in [1.29, 1.82) is 0 Å². The number of aromatic nitrogens is 3. The van der Waals surface area contributed by atoms with Crippen LogP contribution in [0.5, 0.6) is 5.75 Å². The molecule has 1 amide bonds. The van der Waals surface area contributed by atoms with Gasteiger partial charge in [-0.3, -0.25) is 4.79 Å². The van der Waals surface area contributed by atoms with Gasteiger partial charge in [-0.05, 0) is 51.0 Å². The number of fused-ring (bicyclic) bond motifs is 1. The molecule has 1 aromatic carbocycles. The van der Waals surface area contributed by atoms with Gasteiger partial charge in [-0.25, -0.2) is 4.39 Å². The molecule has 26 heavy (non-hydrogen) atoms. The van der Waals surface area contributed by atoms with E-state index in [0.29, 0.717) is 18.7 Å². The van der Waals surface area contributed by atoms with Gasteiger partial charge in [-0.15, -0.1) is 10.2 Å². The summed E-state index contributed by atoms with van der Waals surface area (Å²) < 4.78 is 20.9. The Kier molecular flexibility index (Phi) is 5.54. The van der Waals surface area contributed by atoms with Crippen LogP contribution in [0.1, 0.15) is 44.8 Å². The van der Waals surface area contributed by atoms with Crippen molar-refractivity contribution in [2.24, 2.45) is 0 Å². The fraction of sp³-hybridized carbons (Fsp3) is 0.526. The fourth-order valence-electron chi connectivity index (χ4n) is 3.07. The molecule has 2 heterocycles. The number of ether oxygens (including phenoxy) is 1. The van der Waals surface area contributed by atoms with Crippen LogP contribution < -0.4 is 10.1 Å². The van der Waals surface area contributed by atoms with Gasteiger partial charge in [0.15, 0.2) is 5.60 Å². The summed E-state index contributed by atoms with van der Waals surface area (Å²) >= 11 is 0. The summed E-state index contributed by atoms with van der Waals surface area (Å²) in [5.41, 5.74) is -1.06. The number of hydrogen-bond acceptors (Lipinski definition) is 4. The molecule has 0 unspecified atom stereocenters. The van der Waals surface area contributed by atoms with Crippen molar-refractivity contribution < 1.29 is 13.9 Å². The van der Waals surface area contributed by atoms with E-state index < -0.39 is 5.60 Å². The molecule has 0 saturated heterocycles. The first-order chi connectivity index (χ1) is 12.5. The summed E-state index contributed by atoms with van der Waals surface area (Å²) in [6.07, 6.45) is 5.12. The SMILES string of the molecule is CC(C)(Oc1ccc(F)cc1)C(=O)NCCc1nnc2n1CCCCC2. The molecule has 0 atom stereocenters. The molecule has 1 aromatic heterocycles. The molecule has 0 bridgehead atoms. The summed E-state index contributed by atoms with van der Waals surface area (Å²) in [6, 6.07) is 5.63. The van der Waals surface area contributed by atoms with Crippen molar-refractivity contribution in [2.75, 3.05) is 6.54 Å². The van der Waals surface area contributed by atoms with E-state index in [2.05, 4.69) is 20.1 Å². The van der Waals surface area contributed by atoms with E-state index >= 15 is 0 Å². The number of carbonyl (C=O) groups excluding carboxylic acids is 1. The Labute approximate surface area is 152 Å². The quantitative estimate of drug-likeness (QED) is 0.860. The van der Waals surface area contributed by atoms with E-state index in [0.717, 1.165) is 37.5 Å². The van der Waals surface area contributed by atoms with Gasteiger partial charge in [-0.2, -0.15) is 0 Å². The lowest BCUT2D eigenvalue weighted by atomic mass is 10.1. The molecule has 0 aliphatic carbocycles. The van der Waals surface area contributed by atoms with Crippen LogP contribution in [0.25, 0.3) is 0 Å². The monoisotopic (exact) mass is 360 g/mol. The largest absolute Gasteiger partial charge is 0.478 e. The predicted molar refractivity (Wildman–Crippen MR) is 95.4 cm³/mol. The Balaban J connectivity index is 1.53. The molecule has 1 aliphatic heterocycles. The van der Waals surface area contributed by atoms with Crippen molar-refractivity contribution in [3.05, 3.63) is 41.7 Å². The molecule has 7 heteroatoms. The molecule has 0 fully saturated rings. The van der Waals surface area contributed by atoms with Crippen LogP contribution in [0.4, 0.5) is 4.39 Å². The third-order valence-electron chi connectivity index (χ3n) is 4.55. The minimum Gasteiger partial charge on any atom is -0.478 e. The number of rotatable bonds is 6. The maximum Gasteiger partial charge on any atom is 0.263 e. The summed E-state index contributed by atoms with van der Waals surface area (Å²) in [4.78, 5) is 12.5. The van der Waals surface area contributed by atoms with Crippen molar-refractivity contribution in [3.63, 3.8) is 0 Å². The van der Waals surface area contributed by atoms with E-state index in [1.165, 1.54) is 30.7 Å². The molecule has 2 aromatic rings. The van der Waals surface area contributed by atoms with Crippen LogP contribution in [-0.4, -0.2) is 32.8 Å². The zero-order valence-corrected chi connectivity index (χ0v) is 15.3. The minimum atomic E-state index is -1.06. The molecule has 0 radical (unpaired) electrons. The van der Waals surface area contributed by atoms with Gasteiger partial charge in [0.1, 0.15) is 23.2 Å². The smallest absolute Gasteiger partial charge is 0.263 e. The second-order valence-corrected chi connectivity index (χ2v) is 7.07. The molecule has 6 nitrogen and oxygen atoms in total. The molecule has 0 spiro atoms. The summed E-state index contributed by atoms with van der Waals surface area (Å²) in [6.45, 7) is 4.79. The topological polar surface area (TPSA) is 69.0 Å². The standard InChI is InChI=1S/C19H25FN4O2/c1-19(2,26-15-9-7-14(20)8-10-15)18(25)21-12-11-17-23-22-16-6-4-3-5-13-24(16)17/h7-10H,3-6,11-13H2,1-2H3,(H,21,25). The molecule has 1 N–H and O–H groups in total. The van der Waals surface area contributed by atoms with Crippen molar-refractivity contribution in [1.82, 2.24) is 20.1 Å². The normalized spacial score (nSPS) is 14.4. The van der Waals surface area contributed by atoms with Crippen LogP contribution >= 0.6 is 0 Å². The van der Waals surface area contributed by atoms with Gasteiger partial charge in [-0.1, -0.05) is 6.42 Å². The molecule has 3 rings (SSSR count). The zero-order valence-electron chi connectivity index (χ0n) is 15.3. The number of halogens is 1. The first kappa shape index (κ1) is 18.4. The van der Waals surface area contributed by atoms with Crippen LogP contribution in [0, 0.1) is 5.82 Å². The number of nitrogens with zero attached hydrogens (tertiary/aromatic N) is 3. The summed E-state index contributed by atoms with van der Waals surface area (Å²) in [5.74, 6) is 1.85. The number of amides is 1. The Morgan fingerprint density at radius 1 is 1.23 bits per heavy atom. The highest BCUT2D eigenvalue weighted by Gasteiger charge is 2.29. The Bertz CT molecular complexity index is 755. The van der Waals surface area contributed by atoms with Gasteiger partial charge < -0.3 is 14.6 Å². The van der Waals surface area contributed by atoms with E-state index in [1.807, 2.05) is 0 Å². The number of carbonyl (C=O) groups is 1. The second kappa shape index (κ2) is 7.85. The molecule has 140 valence electrons. The first-order valence-corrected chi connectivity index (χ1v) is 9.09. The van der Waals surface area contributed by atoms with E-state index in [4.69, 9.17) is 4.74 Å². The Morgan fingerprint density at radius 3 is 2.77 bits per heavy atom. The number of hydrogen-bond donors (Lipinski definition) is 1. The third kappa shape index (κ3) is 4.39. The van der Waals surface area contributed by atoms with Crippen LogP contribution in [0.3, 0.4) is 0 Å². The maximum absolute atomic E-state index is 13.0. The van der Waals surface area contributed by atoms with Crippen molar-refractivity contribution >= 4 is 5.91 Å². The number of benzene rings is 1. The lowest BCUT2D eigenvalue weighted by Crippen LogP contribution is -2.47. The van der Waals surface area contributed by atoms with E-state index in [9.17, 15) is 9.18 Å². The van der Waals surface area contributed by atoms with Gasteiger partial charge in [0.2, 0.25) is 0 Å². The third-order valence-corrected chi connectivity index (χ3v) is 4.55. The van der Waals surface area contributed by atoms with Crippen molar-refractivity contribution in [3.8, 4) is 5.75 Å². The molecular formula is C19H25FN4O2. The van der Waals surface area contributed by atoms with E-state index in [-0.39, 0.29) is 11.7 Å². The van der Waals surface area contributed by atoms with Gasteiger partial charge in [0, 0.05) is 25.9 Å². The van der Waals surface area contributed by atoms with E-state index in [1.54, 1.807) is 13.8 Å². The Morgan fingerprint density at radius 2 is 2.00 bits per heavy atom. The molecular weight excluding hydrogens is 335 g/mol. The average Bonchev–Trinajstić information content (AvgIpc) is 2.84. The molecule has 0 saturated carbocycles. The Hall–Kier alpha value is -2.44. The minimum absolute atomic E-state index is 0.225. The molecule has 1 aliphatic rings. The lowest BCUT2D eigenvalue weighted by Gasteiger charge is -2.25. The van der Waals surface area contributed by atoms with Gasteiger partial charge in [0.25, 0.3) is 5.91 Å². The lowest BCUT2D eigenvalue weighted by molar-refractivity contribution is -0.134. The number of aryl methyl sites for hydroxylation is 1. The van der Waals surface area contributed by atoms with Gasteiger partial charge in [0.05, 0.1) is 0 Å². The van der Waals surface area contributed by atoms with Crippen LogP contribution in [0.15, 0.2) is 24.3 Å². The first-order valence-electron chi connectivity index (χ1n) is 9.09. The van der Waals surface area contributed by atoms with Gasteiger partial charge >= 0.3 is 0 Å². The number of nitrogens with one attached hydrogen (secondary N) is 1. The fourth-order valence-corrected chi connectivity index (χ4v) is 3.07. The summed E-state index contributed by atoms with van der Waals surface area (Å²) in [5, 5.41) is 11.4. The van der Waals surface area contributed by atoms with Crippen molar-refractivity contribution in [2.45, 2.75) is 58.1 Å². The predicted octanol–water partition coefficient (Wildman–Crippen LogP) is 2.66.